The predicted octanol–water partition coefficient (Wildman–Crippen LogP) is 4.18. The summed E-state index contributed by atoms with van der Waals surface area (Å²) in [6, 6.07) is 4.89. The maximum Gasteiger partial charge on any atom is 0.191 e. The van der Waals surface area contributed by atoms with Gasteiger partial charge in [-0.3, -0.25) is 9.89 Å². The van der Waals surface area contributed by atoms with Crippen molar-refractivity contribution in [2.45, 2.75) is 51.0 Å². The van der Waals surface area contributed by atoms with Crippen LogP contribution in [0.1, 0.15) is 55.9 Å². The van der Waals surface area contributed by atoms with Gasteiger partial charge in [0.2, 0.25) is 0 Å². The molecule has 0 bridgehead atoms. The summed E-state index contributed by atoms with van der Waals surface area (Å²) in [4.78, 5) is 10.7. The Balaban J connectivity index is 0.00000392. The Morgan fingerprint density at radius 2 is 1.86 bits per heavy atom. The van der Waals surface area contributed by atoms with Crippen molar-refractivity contribution in [2.24, 2.45) is 4.99 Å². The maximum absolute atomic E-state index is 4.41. The van der Waals surface area contributed by atoms with Crippen LogP contribution < -0.4 is 10.6 Å². The first kappa shape index (κ1) is 25.7. The normalized spacial score (nSPS) is 16.2. The van der Waals surface area contributed by atoms with Gasteiger partial charge in [-0.05, 0) is 70.9 Å². The Kier molecular flexibility index (Phi) is 14.2. The lowest BCUT2D eigenvalue weighted by molar-refractivity contribution is 0.249. The second-order valence-electron chi connectivity index (χ2n) is 7.73. The molecule has 7 heteroatoms. The molecule has 0 amide bonds. The summed E-state index contributed by atoms with van der Waals surface area (Å²) >= 11 is 1.86. The molecule has 1 unspecified atom stereocenters. The zero-order valence-corrected chi connectivity index (χ0v) is 21.1. The molecule has 1 aromatic heterocycles. The highest BCUT2D eigenvalue weighted by atomic mass is 127. The number of unbranched alkanes of at least 4 members (excludes halogenated alkanes) is 4. The number of nitrogens with one attached hydrogen (secondary N) is 2. The van der Waals surface area contributed by atoms with Gasteiger partial charge in [0.15, 0.2) is 5.96 Å². The third-order valence-electron chi connectivity index (χ3n) is 5.21. The van der Waals surface area contributed by atoms with Crippen LogP contribution in [-0.4, -0.2) is 69.6 Å². The second-order valence-corrected chi connectivity index (χ2v) is 8.70. The van der Waals surface area contributed by atoms with Gasteiger partial charge in [-0.1, -0.05) is 25.3 Å². The average Bonchev–Trinajstić information content (AvgIpc) is 3.36. The average molecular weight is 522 g/mol. The zero-order chi connectivity index (χ0) is 19.3. The first-order chi connectivity index (χ1) is 13.2. The summed E-state index contributed by atoms with van der Waals surface area (Å²) in [6.45, 7) is 5.55. The lowest BCUT2D eigenvalue weighted by atomic mass is 10.1. The van der Waals surface area contributed by atoms with Crippen LogP contribution in [-0.2, 0) is 0 Å². The molecule has 0 aromatic carbocycles. The first-order valence-corrected chi connectivity index (χ1v) is 11.5. The Labute approximate surface area is 193 Å². The fourth-order valence-electron chi connectivity index (χ4n) is 3.65. The van der Waals surface area contributed by atoms with Crippen molar-refractivity contribution in [3.05, 3.63) is 22.4 Å². The van der Waals surface area contributed by atoms with Gasteiger partial charge in [-0.2, -0.15) is 0 Å². The Hall–Kier alpha value is -0.380. The SMILES string of the molecule is CN=C(NCCCCCCCN(C)C)NCC(c1cccs1)N1CCCC1.I. The number of halogens is 1. The minimum Gasteiger partial charge on any atom is -0.356 e. The van der Waals surface area contributed by atoms with Gasteiger partial charge in [0.25, 0.3) is 0 Å². The third kappa shape index (κ3) is 9.89. The van der Waals surface area contributed by atoms with Gasteiger partial charge in [0.05, 0.1) is 6.04 Å². The monoisotopic (exact) mass is 521 g/mol. The number of rotatable bonds is 12. The molecule has 5 nitrogen and oxygen atoms in total. The molecule has 1 fully saturated rings. The van der Waals surface area contributed by atoms with E-state index in [4.69, 9.17) is 0 Å². The Morgan fingerprint density at radius 3 is 2.50 bits per heavy atom. The Bertz CT molecular complexity index is 515. The molecule has 162 valence electrons. The molecule has 28 heavy (non-hydrogen) atoms. The number of aliphatic imine (C=N–C) groups is 1. The van der Waals surface area contributed by atoms with Crippen molar-refractivity contribution in [3.8, 4) is 0 Å². The second kappa shape index (κ2) is 15.5. The standard InChI is InChI=1S/C21H39N5S.HI/c1-22-21(23-13-7-5-4-6-8-14-25(2)3)24-18-19(20-12-11-17-27-20)26-15-9-10-16-26;/h11-12,17,19H,4-10,13-16,18H2,1-3H3,(H2,22,23,24);1H. The summed E-state index contributed by atoms with van der Waals surface area (Å²) in [7, 11) is 6.16. The molecule has 2 N–H and O–H groups in total. The van der Waals surface area contributed by atoms with Crippen molar-refractivity contribution in [1.82, 2.24) is 20.4 Å². The van der Waals surface area contributed by atoms with Crippen molar-refractivity contribution in [1.29, 1.82) is 0 Å². The van der Waals surface area contributed by atoms with Crippen LogP contribution >= 0.6 is 35.3 Å². The van der Waals surface area contributed by atoms with E-state index in [2.05, 4.69) is 57.0 Å². The van der Waals surface area contributed by atoms with Crippen LogP contribution in [0.3, 0.4) is 0 Å². The highest BCUT2D eigenvalue weighted by Crippen LogP contribution is 2.27. The van der Waals surface area contributed by atoms with Gasteiger partial charge in [-0.25, -0.2) is 0 Å². The van der Waals surface area contributed by atoms with E-state index in [1.165, 1.54) is 69.5 Å². The number of nitrogens with zero attached hydrogens (tertiary/aromatic N) is 3. The van der Waals surface area contributed by atoms with Crippen LogP contribution in [0, 0.1) is 0 Å². The highest BCUT2D eigenvalue weighted by Gasteiger charge is 2.24. The molecule has 1 aliphatic rings. The van der Waals surface area contributed by atoms with E-state index in [9.17, 15) is 0 Å². The van der Waals surface area contributed by atoms with Crippen LogP contribution in [0.5, 0.6) is 0 Å². The predicted molar refractivity (Wildman–Crippen MR) is 134 cm³/mol. The molecule has 0 spiro atoms. The van der Waals surface area contributed by atoms with E-state index < -0.39 is 0 Å². The molecular formula is C21H40IN5S. The molecule has 1 atom stereocenters. The summed E-state index contributed by atoms with van der Waals surface area (Å²) < 4.78 is 0. The lowest BCUT2D eigenvalue weighted by Gasteiger charge is -2.27. The number of hydrogen-bond acceptors (Lipinski definition) is 4. The molecule has 2 heterocycles. The molecule has 0 saturated carbocycles. The number of likely N-dealkylation sites (tertiary alicyclic amines) is 1. The maximum atomic E-state index is 4.41. The van der Waals surface area contributed by atoms with Crippen molar-refractivity contribution in [2.75, 3.05) is 53.9 Å². The fourth-order valence-corrected chi connectivity index (χ4v) is 4.51. The molecule has 1 saturated heterocycles. The van der Waals surface area contributed by atoms with E-state index in [0.29, 0.717) is 6.04 Å². The molecule has 0 radical (unpaired) electrons. The summed E-state index contributed by atoms with van der Waals surface area (Å²) in [5.41, 5.74) is 0. The molecular weight excluding hydrogens is 481 g/mol. The first-order valence-electron chi connectivity index (χ1n) is 10.6. The smallest absolute Gasteiger partial charge is 0.191 e. The van der Waals surface area contributed by atoms with Crippen molar-refractivity contribution in [3.63, 3.8) is 0 Å². The van der Waals surface area contributed by atoms with Crippen LogP contribution in [0.4, 0.5) is 0 Å². The Morgan fingerprint density at radius 1 is 1.14 bits per heavy atom. The van der Waals surface area contributed by atoms with Crippen molar-refractivity contribution < 1.29 is 0 Å². The summed E-state index contributed by atoms with van der Waals surface area (Å²) in [5, 5.41) is 9.23. The van der Waals surface area contributed by atoms with Gasteiger partial charge in [0, 0.05) is 25.0 Å². The lowest BCUT2D eigenvalue weighted by Crippen LogP contribution is -2.42. The zero-order valence-electron chi connectivity index (χ0n) is 18.0. The minimum absolute atomic E-state index is 0. The highest BCUT2D eigenvalue weighted by molar-refractivity contribution is 14.0. The number of guanidine groups is 1. The number of thiophene rings is 1. The van der Waals surface area contributed by atoms with E-state index in [1.54, 1.807) is 0 Å². The molecule has 0 aliphatic carbocycles. The minimum atomic E-state index is 0. The largest absolute Gasteiger partial charge is 0.356 e. The summed E-state index contributed by atoms with van der Waals surface area (Å²) in [6.07, 6.45) is 9.13. The van der Waals surface area contributed by atoms with Crippen LogP contribution in [0.15, 0.2) is 22.5 Å². The van der Waals surface area contributed by atoms with Gasteiger partial charge in [0.1, 0.15) is 0 Å². The molecule has 1 aromatic rings. The summed E-state index contributed by atoms with van der Waals surface area (Å²) in [5.74, 6) is 0.934. The van der Waals surface area contributed by atoms with E-state index in [0.717, 1.165) is 19.0 Å². The van der Waals surface area contributed by atoms with E-state index in [-0.39, 0.29) is 24.0 Å². The topological polar surface area (TPSA) is 42.9 Å². The van der Waals surface area contributed by atoms with Crippen molar-refractivity contribution >= 4 is 41.3 Å². The van der Waals surface area contributed by atoms with E-state index in [1.807, 2.05) is 18.4 Å². The molecule has 1 aliphatic heterocycles. The molecule has 2 rings (SSSR count). The van der Waals surface area contributed by atoms with Crippen LogP contribution in [0.25, 0.3) is 0 Å². The quantitative estimate of drug-likeness (QED) is 0.188. The third-order valence-corrected chi connectivity index (χ3v) is 6.19. The van der Waals surface area contributed by atoms with Gasteiger partial charge in [-0.15, -0.1) is 35.3 Å². The number of hydrogen-bond donors (Lipinski definition) is 2. The van der Waals surface area contributed by atoms with Gasteiger partial charge < -0.3 is 15.5 Å². The van der Waals surface area contributed by atoms with Crippen LogP contribution in [0.2, 0.25) is 0 Å². The van der Waals surface area contributed by atoms with E-state index >= 15 is 0 Å². The fraction of sp³-hybridized carbons (Fsp3) is 0.762. The van der Waals surface area contributed by atoms with Gasteiger partial charge >= 0.3 is 0 Å².